The van der Waals surface area contributed by atoms with E-state index in [9.17, 15) is 0 Å². The molecular weight excluding hydrogens is 212 g/mol. The van der Waals surface area contributed by atoms with Gasteiger partial charge in [-0.1, -0.05) is 24.8 Å². The van der Waals surface area contributed by atoms with Crippen LogP contribution in [-0.2, 0) is 0 Å². The number of hydrogen-bond acceptors (Lipinski definition) is 3. The van der Waals surface area contributed by atoms with Crippen molar-refractivity contribution in [3.05, 3.63) is 36.3 Å². The van der Waals surface area contributed by atoms with Crippen molar-refractivity contribution in [1.29, 1.82) is 0 Å². The van der Waals surface area contributed by atoms with Crippen molar-refractivity contribution in [2.24, 2.45) is 10.2 Å². The van der Waals surface area contributed by atoms with Crippen molar-refractivity contribution in [2.45, 2.75) is 18.9 Å². The number of rotatable bonds is 4. The average Bonchev–Trinajstić information content (AvgIpc) is 2.93. The van der Waals surface area contributed by atoms with Crippen LogP contribution in [0, 0.1) is 0 Å². The Balaban J connectivity index is 2.08. The molecule has 1 aliphatic rings. The van der Waals surface area contributed by atoms with Gasteiger partial charge in [-0.15, -0.1) is 10.2 Å². The topological polar surface area (TPSA) is 42.5 Å². The molecule has 5 heteroatoms. The van der Waals surface area contributed by atoms with Gasteiger partial charge < -0.3 is 0 Å². The van der Waals surface area contributed by atoms with Crippen LogP contribution in [0.5, 0.6) is 0 Å². The number of hydrogen-bond donors (Lipinski definition) is 0. The molecule has 1 aliphatic carbocycles. The van der Waals surface area contributed by atoms with Gasteiger partial charge in [-0.05, 0) is 12.8 Å². The molecule has 0 bridgehead atoms. The summed E-state index contributed by atoms with van der Waals surface area (Å²) in [5, 5.41) is 11.8. The Labute approximate surface area is 93.0 Å². The van der Waals surface area contributed by atoms with E-state index >= 15 is 0 Å². The van der Waals surface area contributed by atoms with Crippen LogP contribution in [0.1, 0.15) is 24.4 Å². The third kappa shape index (κ3) is 2.53. The van der Waals surface area contributed by atoms with Crippen LogP contribution in [0.15, 0.2) is 40.9 Å². The number of halogens is 1. The van der Waals surface area contributed by atoms with Crippen molar-refractivity contribution < 1.29 is 0 Å². The van der Waals surface area contributed by atoms with Crippen LogP contribution in [0.4, 0.5) is 0 Å². The third-order valence-corrected chi connectivity index (χ3v) is 2.21. The van der Waals surface area contributed by atoms with Gasteiger partial charge in [0.2, 0.25) is 0 Å². The van der Waals surface area contributed by atoms with Crippen LogP contribution in [-0.4, -0.2) is 9.78 Å². The summed E-state index contributed by atoms with van der Waals surface area (Å²) < 4.78 is 1.94. The smallest absolute Gasteiger partial charge is 0.144 e. The minimum absolute atomic E-state index is 0.144. The number of aromatic nitrogens is 2. The predicted octanol–water partition coefficient (Wildman–Crippen LogP) is 3.35. The zero-order valence-electron chi connectivity index (χ0n) is 8.23. The summed E-state index contributed by atoms with van der Waals surface area (Å²) in [6.45, 7) is 7.18. The average molecular weight is 223 g/mol. The molecule has 1 aromatic heterocycles. The second kappa shape index (κ2) is 3.98. The molecule has 1 aromatic rings. The normalized spacial score (nSPS) is 15.8. The minimum Gasteiger partial charge on any atom is -0.269 e. The van der Waals surface area contributed by atoms with E-state index < -0.39 is 0 Å². The van der Waals surface area contributed by atoms with E-state index in [-0.39, 0.29) is 5.16 Å². The molecule has 15 heavy (non-hydrogen) atoms. The quantitative estimate of drug-likeness (QED) is 0.569. The van der Waals surface area contributed by atoms with E-state index in [0.717, 1.165) is 5.56 Å². The van der Waals surface area contributed by atoms with Gasteiger partial charge >= 0.3 is 0 Å². The molecule has 0 aliphatic heterocycles. The highest BCUT2D eigenvalue weighted by molar-refractivity contribution is 6.28. The SMILES string of the molecule is C=C(Cl)N=NC(=C)c1cnn(C2CC2)c1. The maximum atomic E-state index is 5.46. The van der Waals surface area contributed by atoms with Gasteiger partial charge in [-0.25, -0.2) is 0 Å². The molecule has 1 fully saturated rings. The highest BCUT2D eigenvalue weighted by atomic mass is 35.5. The lowest BCUT2D eigenvalue weighted by Gasteiger charge is -1.94. The largest absolute Gasteiger partial charge is 0.269 e. The Bertz CT molecular complexity index is 428. The lowest BCUT2D eigenvalue weighted by Crippen LogP contribution is -1.91. The van der Waals surface area contributed by atoms with Gasteiger partial charge in [0.05, 0.1) is 17.9 Å². The molecule has 0 unspecified atom stereocenters. The number of nitrogens with zero attached hydrogens (tertiary/aromatic N) is 4. The lowest BCUT2D eigenvalue weighted by atomic mass is 10.3. The fourth-order valence-electron chi connectivity index (χ4n) is 1.20. The molecule has 0 saturated heterocycles. The first-order chi connectivity index (χ1) is 7.16. The van der Waals surface area contributed by atoms with E-state index in [1.54, 1.807) is 6.20 Å². The summed E-state index contributed by atoms with van der Waals surface area (Å²) in [5.41, 5.74) is 1.41. The van der Waals surface area contributed by atoms with Gasteiger partial charge in [-0.3, -0.25) is 4.68 Å². The van der Waals surface area contributed by atoms with Gasteiger partial charge in [0.25, 0.3) is 0 Å². The molecule has 0 spiro atoms. The van der Waals surface area contributed by atoms with Crippen molar-refractivity contribution >= 4 is 17.3 Å². The van der Waals surface area contributed by atoms with E-state index in [1.807, 2.05) is 10.9 Å². The van der Waals surface area contributed by atoms with E-state index in [0.29, 0.717) is 11.7 Å². The van der Waals surface area contributed by atoms with E-state index in [4.69, 9.17) is 11.6 Å². The Morgan fingerprint density at radius 2 is 2.20 bits per heavy atom. The van der Waals surface area contributed by atoms with Crippen molar-refractivity contribution in [1.82, 2.24) is 9.78 Å². The van der Waals surface area contributed by atoms with Crippen LogP contribution in [0.25, 0.3) is 5.70 Å². The van der Waals surface area contributed by atoms with Crippen LogP contribution in [0.2, 0.25) is 0 Å². The maximum absolute atomic E-state index is 5.46. The Morgan fingerprint density at radius 1 is 1.47 bits per heavy atom. The van der Waals surface area contributed by atoms with Crippen molar-refractivity contribution in [3.63, 3.8) is 0 Å². The van der Waals surface area contributed by atoms with Crippen LogP contribution < -0.4 is 0 Å². The fraction of sp³-hybridized carbons (Fsp3) is 0.300. The van der Waals surface area contributed by atoms with E-state index in [2.05, 4.69) is 28.5 Å². The van der Waals surface area contributed by atoms with Crippen molar-refractivity contribution in [2.75, 3.05) is 0 Å². The molecule has 1 saturated carbocycles. The molecule has 4 nitrogen and oxygen atoms in total. The lowest BCUT2D eigenvalue weighted by molar-refractivity contribution is 0.641. The van der Waals surface area contributed by atoms with E-state index in [1.165, 1.54) is 12.8 Å². The highest BCUT2D eigenvalue weighted by Crippen LogP contribution is 2.34. The molecule has 0 amide bonds. The first-order valence-corrected chi connectivity index (χ1v) is 5.04. The van der Waals surface area contributed by atoms with Crippen LogP contribution in [0.3, 0.4) is 0 Å². The monoisotopic (exact) mass is 222 g/mol. The first kappa shape index (κ1) is 10.1. The standard InChI is InChI=1S/C10H11ClN4/c1-7(13-14-8(2)11)9-5-12-15(6-9)10-3-4-10/h5-6,10H,1-4H2. The van der Waals surface area contributed by atoms with Gasteiger partial charge in [0.15, 0.2) is 0 Å². The second-order valence-corrected chi connectivity index (χ2v) is 3.90. The molecule has 1 heterocycles. The summed E-state index contributed by atoms with van der Waals surface area (Å²) in [7, 11) is 0. The molecule has 0 atom stereocenters. The summed E-state index contributed by atoms with van der Waals surface area (Å²) in [5.74, 6) is 0. The first-order valence-electron chi connectivity index (χ1n) is 4.66. The molecule has 78 valence electrons. The van der Waals surface area contributed by atoms with Gasteiger partial charge in [0, 0.05) is 11.8 Å². The number of azo groups is 1. The Morgan fingerprint density at radius 3 is 2.80 bits per heavy atom. The highest BCUT2D eigenvalue weighted by Gasteiger charge is 2.24. The second-order valence-electron chi connectivity index (χ2n) is 3.46. The molecular formula is C10H11ClN4. The summed E-state index contributed by atoms with van der Waals surface area (Å²) in [6, 6.07) is 0.562. The Kier molecular flexibility index (Phi) is 2.68. The molecule has 0 aromatic carbocycles. The molecule has 0 radical (unpaired) electrons. The van der Waals surface area contributed by atoms with Crippen molar-refractivity contribution in [3.8, 4) is 0 Å². The fourth-order valence-corrected chi connectivity index (χ4v) is 1.24. The molecule has 0 N–H and O–H groups in total. The summed E-state index contributed by atoms with van der Waals surface area (Å²) >= 11 is 5.46. The zero-order valence-corrected chi connectivity index (χ0v) is 8.98. The third-order valence-electron chi connectivity index (χ3n) is 2.13. The summed E-state index contributed by atoms with van der Waals surface area (Å²) in [6.07, 6.45) is 6.06. The minimum atomic E-state index is 0.144. The zero-order chi connectivity index (χ0) is 10.8. The van der Waals surface area contributed by atoms with Gasteiger partial charge in [-0.2, -0.15) is 5.10 Å². The predicted molar refractivity (Wildman–Crippen MR) is 59.4 cm³/mol. The maximum Gasteiger partial charge on any atom is 0.144 e. The van der Waals surface area contributed by atoms with Gasteiger partial charge in [0.1, 0.15) is 5.16 Å². The molecule has 2 rings (SSSR count). The Hall–Kier alpha value is -1.42. The summed E-state index contributed by atoms with van der Waals surface area (Å²) in [4.78, 5) is 0. The van der Waals surface area contributed by atoms with Crippen LogP contribution >= 0.6 is 11.6 Å².